The van der Waals surface area contributed by atoms with Crippen molar-refractivity contribution >= 4 is 5.97 Å². The third kappa shape index (κ3) is 4.28. The molecule has 0 spiro atoms. The minimum Gasteiger partial charge on any atom is -0.457 e. The van der Waals surface area contributed by atoms with Crippen molar-refractivity contribution in [3.63, 3.8) is 0 Å². The van der Waals surface area contributed by atoms with Crippen molar-refractivity contribution < 1.29 is 24.1 Å². The number of hydrogen-bond donors (Lipinski definition) is 1. The third-order valence-electron chi connectivity index (χ3n) is 7.66. The molecule has 2 bridgehead atoms. The van der Waals surface area contributed by atoms with Gasteiger partial charge in [-0.05, 0) is 58.3 Å². The maximum absolute atomic E-state index is 12.1. The maximum atomic E-state index is 12.1. The molecule has 0 unspecified atom stereocenters. The van der Waals surface area contributed by atoms with Crippen molar-refractivity contribution in [2.75, 3.05) is 6.61 Å². The van der Waals surface area contributed by atoms with Crippen molar-refractivity contribution in [2.24, 2.45) is 23.7 Å². The zero-order valence-corrected chi connectivity index (χ0v) is 19.1. The summed E-state index contributed by atoms with van der Waals surface area (Å²) in [4.78, 5) is 12.1. The molecule has 3 fully saturated rings. The highest BCUT2D eigenvalue weighted by Crippen LogP contribution is 2.56. The molecule has 5 heteroatoms. The van der Waals surface area contributed by atoms with Crippen LogP contribution in [0.3, 0.4) is 0 Å². The summed E-state index contributed by atoms with van der Waals surface area (Å²) in [6.07, 6.45) is 3.19. The topological polar surface area (TPSA) is 65.0 Å². The van der Waals surface area contributed by atoms with Crippen molar-refractivity contribution in [3.8, 4) is 0 Å². The summed E-state index contributed by atoms with van der Waals surface area (Å²) in [5.41, 5.74) is -0.537. The lowest BCUT2D eigenvalue weighted by Gasteiger charge is -2.46. The molecular formula is C24H40O5. The Morgan fingerprint density at radius 2 is 2.03 bits per heavy atom. The van der Waals surface area contributed by atoms with Crippen LogP contribution in [0.2, 0.25) is 0 Å². The molecule has 1 aliphatic carbocycles. The number of esters is 1. The minimum absolute atomic E-state index is 0.134. The Hall–Kier alpha value is -0.910. The highest BCUT2D eigenvalue weighted by Gasteiger charge is 2.60. The molecule has 0 aromatic heterocycles. The summed E-state index contributed by atoms with van der Waals surface area (Å²) in [6.45, 7) is 16.8. The predicted octanol–water partition coefficient (Wildman–Crippen LogP) is 4.27. The van der Waals surface area contributed by atoms with Gasteiger partial charge in [0, 0.05) is 31.8 Å². The molecule has 1 N–H and O–H groups in total. The zero-order chi connectivity index (χ0) is 21.6. The van der Waals surface area contributed by atoms with Gasteiger partial charge in [-0.2, -0.15) is 0 Å². The molecule has 0 aromatic rings. The first-order valence-electron chi connectivity index (χ1n) is 11.4. The Bertz CT molecular complexity index is 627. The lowest BCUT2D eigenvalue weighted by Crippen LogP contribution is -2.52. The summed E-state index contributed by atoms with van der Waals surface area (Å²) in [5, 5.41) is 11.4. The van der Waals surface area contributed by atoms with Crippen LogP contribution in [-0.4, -0.2) is 47.2 Å². The molecule has 2 aliphatic heterocycles. The minimum atomic E-state index is -1.01. The zero-order valence-electron chi connectivity index (χ0n) is 19.1. The van der Waals surface area contributed by atoms with Crippen LogP contribution in [0.5, 0.6) is 0 Å². The first kappa shape index (κ1) is 22.8. The predicted molar refractivity (Wildman–Crippen MR) is 112 cm³/mol. The summed E-state index contributed by atoms with van der Waals surface area (Å²) in [6, 6.07) is 0. The molecule has 3 aliphatic rings. The summed E-state index contributed by atoms with van der Waals surface area (Å²) in [5.74, 6) is 1.16. The lowest BCUT2D eigenvalue weighted by molar-refractivity contribution is -0.179. The van der Waals surface area contributed by atoms with E-state index in [0.717, 1.165) is 12.8 Å². The van der Waals surface area contributed by atoms with E-state index in [4.69, 9.17) is 14.2 Å². The fourth-order valence-corrected chi connectivity index (χ4v) is 6.35. The second kappa shape index (κ2) is 8.32. The van der Waals surface area contributed by atoms with Gasteiger partial charge in [0.2, 0.25) is 0 Å². The normalized spacial score (nSPS) is 45.3. The van der Waals surface area contributed by atoms with Crippen LogP contribution >= 0.6 is 0 Å². The Kier molecular flexibility index (Phi) is 6.53. The molecule has 5 nitrogen and oxygen atoms in total. The highest BCUT2D eigenvalue weighted by atomic mass is 16.6. The van der Waals surface area contributed by atoms with Gasteiger partial charge >= 0.3 is 5.97 Å². The van der Waals surface area contributed by atoms with Crippen LogP contribution in [0.4, 0.5) is 0 Å². The van der Waals surface area contributed by atoms with Crippen LogP contribution in [-0.2, 0) is 19.0 Å². The average Bonchev–Trinajstić information content (AvgIpc) is 2.98. The van der Waals surface area contributed by atoms with Crippen LogP contribution in [0, 0.1) is 23.7 Å². The second-order valence-corrected chi connectivity index (χ2v) is 10.3. The van der Waals surface area contributed by atoms with E-state index in [1.165, 1.54) is 12.5 Å². The first-order chi connectivity index (χ1) is 13.5. The number of ether oxygens (including phenoxy) is 3. The number of fused-ring (bicyclic) bond motifs is 5. The van der Waals surface area contributed by atoms with Gasteiger partial charge in [-0.15, -0.1) is 0 Å². The Balaban J connectivity index is 2.07. The summed E-state index contributed by atoms with van der Waals surface area (Å²) < 4.78 is 18.6. The summed E-state index contributed by atoms with van der Waals surface area (Å²) in [7, 11) is 0. The standard InChI is InChI=1S/C24H40O5/c1-8-27-19-11-12-24(7,29-16(5)25)22-21-17(14(2)3)10-9-15(4)20(21)18(28-22)13-23(19,6)26/h14,17-22,26H,4,8-13H2,1-3,5-7H3/t17-,18-,19+,20-,21-,22-,23+,24+/m1/s1. The molecule has 0 radical (unpaired) electrons. The SMILES string of the molecule is C=C1CC[C@H](C(C)C)[C@@H]2[C@H]1[C@H]1C[C@](C)(O)[C@@H](OCC)CC[C@](C)(OC(C)=O)[C@@H]2O1. The van der Waals surface area contributed by atoms with Crippen molar-refractivity contribution in [2.45, 2.75) is 103 Å². The Morgan fingerprint density at radius 1 is 1.34 bits per heavy atom. The number of carbonyl (C=O) groups is 1. The van der Waals surface area contributed by atoms with E-state index in [9.17, 15) is 9.90 Å². The lowest BCUT2D eigenvalue weighted by atomic mass is 9.60. The van der Waals surface area contributed by atoms with Crippen LogP contribution < -0.4 is 0 Å². The number of carbonyl (C=O) groups excluding carboxylic acids is 1. The van der Waals surface area contributed by atoms with E-state index in [-0.39, 0.29) is 36.1 Å². The van der Waals surface area contributed by atoms with E-state index in [1.54, 1.807) is 0 Å². The first-order valence-corrected chi connectivity index (χ1v) is 11.4. The van der Waals surface area contributed by atoms with Gasteiger partial charge in [-0.1, -0.05) is 26.0 Å². The fraction of sp³-hybridized carbons (Fsp3) is 0.875. The molecule has 2 heterocycles. The maximum Gasteiger partial charge on any atom is 0.303 e. The Morgan fingerprint density at radius 3 is 2.62 bits per heavy atom. The molecule has 166 valence electrons. The Labute approximate surface area is 176 Å². The molecular weight excluding hydrogens is 368 g/mol. The molecule has 8 atom stereocenters. The van der Waals surface area contributed by atoms with E-state index < -0.39 is 11.2 Å². The molecule has 1 saturated carbocycles. The van der Waals surface area contributed by atoms with E-state index >= 15 is 0 Å². The largest absolute Gasteiger partial charge is 0.457 e. The van der Waals surface area contributed by atoms with Crippen LogP contribution in [0.15, 0.2) is 12.2 Å². The fourth-order valence-electron chi connectivity index (χ4n) is 6.35. The quantitative estimate of drug-likeness (QED) is 0.556. The number of hydrogen-bond acceptors (Lipinski definition) is 5. The number of aliphatic hydroxyl groups is 1. The summed E-state index contributed by atoms with van der Waals surface area (Å²) >= 11 is 0. The monoisotopic (exact) mass is 408 g/mol. The van der Waals surface area contributed by atoms with E-state index in [1.807, 2.05) is 20.8 Å². The van der Waals surface area contributed by atoms with Crippen LogP contribution in [0.25, 0.3) is 0 Å². The van der Waals surface area contributed by atoms with Crippen molar-refractivity contribution in [1.29, 1.82) is 0 Å². The van der Waals surface area contributed by atoms with Gasteiger partial charge in [0.1, 0.15) is 11.7 Å². The van der Waals surface area contributed by atoms with Crippen molar-refractivity contribution in [3.05, 3.63) is 12.2 Å². The second-order valence-electron chi connectivity index (χ2n) is 10.3. The van der Waals surface area contributed by atoms with Gasteiger partial charge < -0.3 is 19.3 Å². The molecule has 29 heavy (non-hydrogen) atoms. The van der Waals surface area contributed by atoms with Gasteiger partial charge in [0.25, 0.3) is 0 Å². The third-order valence-corrected chi connectivity index (χ3v) is 7.66. The van der Waals surface area contributed by atoms with Gasteiger partial charge in [-0.3, -0.25) is 4.79 Å². The molecule has 0 aromatic carbocycles. The van der Waals surface area contributed by atoms with Gasteiger partial charge in [0.15, 0.2) is 0 Å². The van der Waals surface area contributed by atoms with Crippen molar-refractivity contribution in [1.82, 2.24) is 0 Å². The molecule has 3 rings (SSSR count). The van der Waals surface area contributed by atoms with Gasteiger partial charge in [0.05, 0.1) is 17.8 Å². The average molecular weight is 409 g/mol. The highest BCUT2D eigenvalue weighted by molar-refractivity contribution is 5.66. The molecule has 0 amide bonds. The smallest absolute Gasteiger partial charge is 0.303 e. The number of rotatable bonds is 4. The van der Waals surface area contributed by atoms with E-state index in [0.29, 0.717) is 37.7 Å². The van der Waals surface area contributed by atoms with E-state index in [2.05, 4.69) is 20.4 Å². The molecule has 2 saturated heterocycles. The van der Waals surface area contributed by atoms with Gasteiger partial charge in [-0.25, -0.2) is 0 Å². The van der Waals surface area contributed by atoms with Crippen LogP contribution in [0.1, 0.15) is 73.6 Å².